The van der Waals surface area contributed by atoms with Crippen LogP contribution in [0.5, 0.6) is 0 Å². The van der Waals surface area contributed by atoms with E-state index in [-0.39, 0.29) is 5.96 Å². The molecule has 4 heteroatoms. The normalized spacial score (nSPS) is 27.0. The second-order valence-corrected chi connectivity index (χ2v) is 4.08. The van der Waals surface area contributed by atoms with Crippen molar-refractivity contribution < 1.29 is 4.74 Å². The first-order valence-electron chi connectivity index (χ1n) is 4.80. The molecule has 0 heterocycles. The van der Waals surface area contributed by atoms with Gasteiger partial charge >= 0.3 is 0 Å². The van der Waals surface area contributed by atoms with Gasteiger partial charge in [0.15, 0.2) is 5.96 Å². The van der Waals surface area contributed by atoms with Gasteiger partial charge in [-0.1, -0.05) is 13.8 Å². The highest BCUT2D eigenvalue weighted by Crippen LogP contribution is 2.23. The van der Waals surface area contributed by atoms with Gasteiger partial charge in [0, 0.05) is 12.6 Å². The first-order valence-corrected chi connectivity index (χ1v) is 4.80. The van der Waals surface area contributed by atoms with Crippen LogP contribution in [0.2, 0.25) is 0 Å². The van der Waals surface area contributed by atoms with Crippen molar-refractivity contribution in [2.24, 2.45) is 11.7 Å². The number of rotatable bonds is 4. The van der Waals surface area contributed by atoms with Gasteiger partial charge in [-0.05, 0) is 18.8 Å². The van der Waals surface area contributed by atoms with E-state index in [9.17, 15) is 0 Å². The van der Waals surface area contributed by atoms with Crippen LogP contribution >= 0.6 is 0 Å². The van der Waals surface area contributed by atoms with Crippen LogP contribution in [0, 0.1) is 11.3 Å². The highest BCUT2D eigenvalue weighted by molar-refractivity contribution is 5.74. The van der Waals surface area contributed by atoms with Gasteiger partial charge in [-0.3, -0.25) is 5.41 Å². The SMILES string of the molecule is CC(C)CO[C@H]1C[C@H](NC(=N)N)C1. The molecule has 4 nitrogen and oxygen atoms in total. The molecule has 0 aromatic heterocycles. The fourth-order valence-electron chi connectivity index (χ4n) is 1.37. The van der Waals surface area contributed by atoms with Gasteiger partial charge in [0.2, 0.25) is 0 Å². The maximum atomic E-state index is 7.02. The molecule has 0 aromatic rings. The first kappa shape index (κ1) is 10.3. The van der Waals surface area contributed by atoms with Crippen LogP contribution in [0.1, 0.15) is 26.7 Å². The van der Waals surface area contributed by atoms with E-state index in [1.165, 1.54) is 0 Å². The summed E-state index contributed by atoms with van der Waals surface area (Å²) in [7, 11) is 0. The van der Waals surface area contributed by atoms with Crippen LogP contribution in [0.15, 0.2) is 0 Å². The molecule has 0 radical (unpaired) electrons. The summed E-state index contributed by atoms with van der Waals surface area (Å²) < 4.78 is 5.60. The molecule has 1 rings (SSSR count). The second-order valence-electron chi connectivity index (χ2n) is 4.08. The number of ether oxygens (including phenoxy) is 1. The number of guanidine groups is 1. The Morgan fingerprint density at radius 3 is 2.69 bits per heavy atom. The number of hydrogen-bond donors (Lipinski definition) is 3. The van der Waals surface area contributed by atoms with Crippen molar-refractivity contribution in [2.75, 3.05) is 6.61 Å². The summed E-state index contributed by atoms with van der Waals surface area (Å²) in [5.74, 6) is 0.659. The van der Waals surface area contributed by atoms with Crippen molar-refractivity contribution in [1.82, 2.24) is 5.32 Å². The molecule has 0 aromatic carbocycles. The highest BCUT2D eigenvalue weighted by Gasteiger charge is 2.29. The monoisotopic (exact) mass is 185 g/mol. The average molecular weight is 185 g/mol. The molecule has 0 saturated heterocycles. The van der Waals surface area contributed by atoms with Crippen molar-refractivity contribution in [3.8, 4) is 0 Å². The molecule has 1 aliphatic rings. The van der Waals surface area contributed by atoms with E-state index in [4.69, 9.17) is 15.9 Å². The molecule has 0 bridgehead atoms. The fourth-order valence-corrected chi connectivity index (χ4v) is 1.37. The third-order valence-electron chi connectivity index (χ3n) is 2.12. The van der Waals surface area contributed by atoms with E-state index in [0.717, 1.165) is 19.4 Å². The predicted octanol–water partition coefficient (Wildman–Crippen LogP) is 0.673. The minimum absolute atomic E-state index is 0.0623. The van der Waals surface area contributed by atoms with Gasteiger partial charge in [-0.2, -0.15) is 0 Å². The molecule has 1 fully saturated rings. The van der Waals surface area contributed by atoms with Crippen LogP contribution in [0.4, 0.5) is 0 Å². The largest absolute Gasteiger partial charge is 0.378 e. The molecule has 1 aliphatic carbocycles. The summed E-state index contributed by atoms with van der Waals surface area (Å²) >= 11 is 0. The van der Waals surface area contributed by atoms with E-state index >= 15 is 0 Å². The fraction of sp³-hybridized carbons (Fsp3) is 0.889. The van der Waals surface area contributed by atoms with Crippen LogP contribution in [-0.4, -0.2) is 24.7 Å². The molecule has 0 spiro atoms. The second kappa shape index (κ2) is 4.46. The van der Waals surface area contributed by atoms with Gasteiger partial charge in [0.1, 0.15) is 0 Å². The summed E-state index contributed by atoms with van der Waals surface area (Å²) in [6, 6.07) is 0.356. The Bertz CT molecular complexity index is 176. The van der Waals surface area contributed by atoms with Gasteiger partial charge < -0.3 is 15.8 Å². The molecular formula is C9H19N3O. The van der Waals surface area contributed by atoms with Crippen molar-refractivity contribution in [2.45, 2.75) is 38.8 Å². The lowest BCUT2D eigenvalue weighted by atomic mass is 9.89. The van der Waals surface area contributed by atoms with Gasteiger partial charge in [0.05, 0.1) is 6.10 Å². The lowest BCUT2D eigenvalue weighted by molar-refractivity contribution is -0.0242. The van der Waals surface area contributed by atoms with Crippen molar-refractivity contribution in [3.05, 3.63) is 0 Å². The summed E-state index contributed by atoms with van der Waals surface area (Å²) in [6.45, 7) is 5.12. The van der Waals surface area contributed by atoms with Gasteiger partial charge in [-0.25, -0.2) is 0 Å². The van der Waals surface area contributed by atoms with Crippen LogP contribution in [0.3, 0.4) is 0 Å². The molecule has 1 saturated carbocycles. The van der Waals surface area contributed by atoms with E-state index in [0.29, 0.717) is 18.1 Å². The quantitative estimate of drug-likeness (QED) is 0.445. The minimum atomic E-state index is 0.0623. The lowest BCUT2D eigenvalue weighted by Crippen LogP contribution is -2.50. The van der Waals surface area contributed by atoms with E-state index in [2.05, 4.69) is 19.2 Å². The molecule has 76 valence electrons. The Hall–Kier alpha value is -0.770. The zero-order chi connectivity index (χ0) is 9.84. The Labute approximate surface area is 79.3 Å². The maximum absolute atomic E-state index is 7.02. The van der Waals surface area contributed by atoms with Crippen molar-refractivity contribution >= 4 is 5.96 Å². The first-order chi connectivity index (χ1) is 6.08. The predicted molar refractivity (Wildman–Crippen MR) is 52.6 cm³/mol. The zero-order valence-electron chi connectivity index (χ0n) is 8.34. The lowest BCUT2D eigenvalue weighted by Gasteiger charge is -2.36. The van der Waals surface area contributed by atoms with E-state index in [1.807, 2.05) is 0 Å². The smallest absolute Gasteiger partial charge is 0.185 e. The molecular weight excluding hydrogens is 166 g/mol. The molecule has 0 amide bonds. The van der Waals surface area contributed by atoms with Crippen LogP contribution < -0.4 is 11.1 Å². The zero-order valence-corrected chi connectivity index (χ0v) is 8.34. The summed E-state index contributed by atoms with van der Waals surface area (Å²) in [5, 5.41) is 9.90. The molecule has 4 N–H and O–H groups in total. The third-order valence-corrected chi connectivity index (χ3v) is 2.12. The molecule has 13 heavy (non-hydrogen) atoms. The van der Waals surface area contributed by atoms with Gasteiger partial charge in [0.25, 0.3) is 0 Å². The standard InChI is InChI=1S/C9H19N3O/c1-6(2)5-13-8-3-7(4-8)12-9(10)11/h6-8H,3-5H2,1-2H3,(H4,10,11,12)/t7-,8-. The van der Waals surface area contributed by atoms with Crippen LogP contribution in [0.25, 0.3) is 0 Å². The maximum Gasteiger partial charge on any atom is 0.185 e. The summed E-state index contributed by atoms with van der Waals surface area (Å²) in [5.41, 5.74) is 5.20. The van der Waals surface area contributed by atoms with Gasteiger partial charge in [-0.15, -0.1) is 0 Å². The highest BCUT2D eigenvalue weighted by atomic mass is 16.5. The Kier molecular flexibility index (Phi) is 3.54. The third kappa shape index (κ3) is 3.63. The van der Waals surface area contributed by atoms with E-state index < -0.39 is 0 Å². The summed E-state index contributed by atoms with van der Waals surface area (Å²) in [6.07, 6.45) is 2.33. The van der Waals surface area contributed by atoms with Crippen LogP contribution in [-0.2, 0) is 4.74 Å². The average Bonchev–Trinajstić information content (AvgIpc) is 1.92. The van der Waals surface area contributed by atoms with Crippen molar-refractivity contribution in [1.29, 1.82) is 5.41 Å². The Balaban J connectivity index is 2.02. The molecule has 0 atom stereocenters. The summed E-state index contributed by atoms with van der Waals surface area (Å²) in [4.78, 5) is 0. The topological polar surface area (TPSA) is 71.1 Å². The molecule has 0 aliphatic heterocycles. The minimum Gasteiger partial charge on any atom is -0.378 e. The van der Waals surface area contributed by atoms with E-state index in [1.54, 1.807) is 0 Å². The Morgan fingerprint density at radius 2 is 2.23 bits per heavy atom. The van der Waals surface area contributed by atoms with Crippen molar-refractivity contribution in [3.63, 3.8) is 0 Å². The number of nitrogens with one attached hydrogen (secondary N) is 2. The number of nitrogens with two attached hydrogens (primary N) is 1. The number of hydrogen-bond acceptors (Lipinski definition) is 2. The molecule has 0 unspecified atom stereocenters. The Morgan fingerprint density at radius 1 is 1.62 bits per heavy atom.